The van der Waals surface area contributed by atoms with E-state index in [1.165, 1.54) is 10.3 Å². The first kappa shape index (κ1) is 10.8. The molecule has 1 aromatic heterocycles. The summed E-state index contributed by atoms with van der Waals surface area (Å²) in [5.41, 5.74) is 1.14. The minimum absolute atomic E-state index is 0.750. The van der Waals surface area contributed by atoms with Gasteiger partial charge in [0, 0.05) is 10.3 Å². The molecular weight excluding hydrogens is 250 g/mol. The highest BCUT2D eigenvalue weighted by molar-refractivity contribution is 7.98. The van der Waals surface area contributed by atoms with E-state index in [9.17, 15) is 0 Å². The van der Waals surface area contributed by atoms with E-state index >= 15 is 0 Å². The van der Waals surface area contributed by atoms with Crippen molar-refractivity contribution in [1.29, 1.82) is 0 Å². The molecule has 0 N–H and O–H groups in total. The molecule has 0 bridgehead atoms. The Bertz CT molecular complexity index is 646. The quantitative estimate of drug-likeness (QED) is 0.637. The minimum atomic E-state index is 0.750. The number of aromatic nitrogens is 1. The number of halogens is 1. The third-order valence-electron chi connectivity index (χ3n) is 2.56. The number of para-hydroxylation sites is 1. The number of benzene rings is 2. The lowest BCUT2D eigenvalue weighted by Gasteiger charge is -2.05. The van der Waals surface area contributed by atoms with E-state index in [-0.39, 0.29) is 0 Å². The highest BCUT2D eigenvalue weighted by Gasteiger charge is 2.07. The Morgan fingerprint density at radius 1 is 0.882 bits per heavy atom. The van der Waals surface area contributed by atoms with E-state index < -0.39 is 0 Å². The predicted octanol–water partition coefficient (Wildman–Crippen LogP) is 4.85. The van der Waals surface area contributed by atoms with Crippen molar-refractivity contribution < 1.29 is 0 Å². The lowest BCUT2D eigenvalue weighted by Crippen LogP contribution is -1.85. The Morgan fingerprint density at radius 3 is 2.41 bits per heavy atom. The highest BCUT2D eigenvalue weighted by Crippen LogP contribution is 2.31. The van der Waals surface area contributed by atoms with Gasteiger partial charge >= 0.3 is 0 Å². The first-order valence-corrected chi connectivity index (χ1v) is 6.49. The van der Waals surface area contributed by atoms with Crippen LogP contribution >= 0.6 is 23.5 Å². The van der Waals surface area contributed by atoms with E-state index in [0.29, 0.717) is 0 Å². The SMILES string of the molecule is Clc1cc2ccccc2n1Sc1ccccc1. The summed E-state index contributed by atoms with van der Waals surface area (Å²) >= 11 is 7.89. The normalized spacial score (nSPS) is 10.9. The van der Waals surface area contributed by atoms with Crippen molar-refractivity contribution in [2.45, 2.75) is 4.90 Å². The van der Waals surface area contributed by atoms with Crippen LogP contribution in [-0.2, 0) is 0 Å². The van der Waals surface area contributed by atoms with Gasteiger partial charge in [0.05, 0.1) is 5.52 Å². The summed E-state index contributed by atoms with van der Waals surface area (Å²) in [6, 6.07) is 20.4. The maximum atomic E-state index is 6.26. The highest BCUT2D eigenvalue weighted by atomic mass is 35.5. The summed E-state index contributed by atoms with van der Waals surface area (Å²) in [7, 11) is 0. The third kappa shape index (κ3) is 2.06. The van der Waals surface area contributed by atoms with E-state index in [2.05, 4.69) is 24.3 Å². The molecule has 0 saturated heterocycles. The van der Waals surface area contributed by atoms with Crippen molar-refractivity contribution >= 4 is 34.5 Å². The van der Waals surface area contributed by atoms with Gasteiger partial charge in [-0.15, -0.1) is 0 Å². The summed E-state index contributed by atoms with van der Waals surface area (Å²) in [5.74, 6) is 0. The largest absolute Gasteiger partial charge is 0.269 e. The van der Waals surface area contributed by atoms with Crippen molar-refractivity contribution in [3.63, 3.8) is 0 Å². The fourth-order valence-electron chi connectivity index (χ4n) is 1.78. The van der Waals surface area contributed by atoms with Crippen LogP contribution in [0.25, 0.3) is 10.9 Å². The molecule has 0 aliphatic rings. The van der Waals surface area contributed by atoms with Crippen molar-refractivity contribution in [1.82, 2.24) is 3.97 Å². The fourth-order valence-corrected chi connectivity index (χ4v) is 2.98. The average molecular weight is 260 g/mol. The van der Waals surface area contributed by atoms with Crippen LogP contribution < -0.4 is 0 Å². The molecule has 0 amide bonds. The third-order valence-corrected chi connectivity index (χ3v) is 4.00. The molecule has 84 valence electrons. The zero-order valence-electron chi connectivity index (χ0n) is 9.01. The summed E-state index contributed by atoms with van der Waals surface area (Å²) < 4.78 is 2.05. The van der Waals surface area contributed by atoms with Crippen LogP contribution in [0.4, 0.5) is 0 Å². The van der Waals surface area contributed by atoms with Gasteiger partial charge in [0.25, 0.3) is 0 Å². The van der Waals surface area contributed by atoms with Crippen molar-refractivity contribution in [2.24, 2.45) is 0 Å². The monoisotopic (exact) mass is 259 g/mol. The molecule has 2 aromatic carbocycles. The van der Waals surface area contributed by atoms with E-state index in [1.54, 1.807) is 11.9 Å². The molecule has 3 heteroatoms. The Labute approximate surface area is 109 Å². The number of nitrogens with zero attached hydrogens (tertiary/aromatic N) is 1. The number of hydrogen-bond acceptors (Lipinski definition) is 1. The van der Waals surface area contributed by atoms with Crippen LogP contribution in [0.15, 0.2) is 65.6 Å². The predicted molar refractivity (Wildman–Crippen MR) is 74.6 cm³/mol. The molecule has 0 aliphatic carbocycles. The maximum absolute atomic E-state index is 6.26. The zero-order valence-corrected chi connectivity index (χ0v) is 10.6. The molecule has 3 aromatic rings. The van der Waals surface area contributed by atoms with Gasteiger partial charge in [0.2, 0.25) is 0 Å². The number of rotatable bonds is 2. The van der Waals surface area contributed by atoms with Gasteiger partial charge in [-0.25, -0.2) is 0 Å². The molecular formula is C14H10ClNS. The topological polar surface area (TPSA) is 4.93 Å². The zero-order chi connectivity index (χ0) is 11.7. The lowest BCUT2D eigenvalue weighted by molar-refractivity contribution is 1.32. The molecule has 0 atom stereocenters. The maximum Gasteiger partial charge on any atom is 0.120 e. The van der Waals surface area contributed by atoms with Gasteiger partial charge in [-0.1, -0.05) is 48.0 Å². The first-order valence-electron chi connectivity index (χ1n) is 5.34. The molecule has 0 saturated carbocycles. The van der Waals surface area contributed by atoms with Gasteiger partial charge in [-0.2, -0.15) is 0 Å². The second kappa shape index (κ2) is 4.47. The summed E-state index contributed by atoms with van der Waals surface area (Å²) in [6.07, 6.45) is 0. The standard InChI is InChI=1S/C14H10ClNS/c15-14-10-11-6-4-5-9-13(11)16(14)17-12-7-2-1-3-8-12/h1-10H. The molecule has 0 unspecified atom stereocenters. The smallest absolute Gasteiger partial charge is 0.120 e. The van der Waals surface area contributed by atoms with Gasteiger partial charge in [-0.3, -0.25) is 3.97 Å². The molecule has 0 aliphatic heterocycles. The van der Waals surface area contributed by atoms with E-state index in [0.717, 1.165) is 10.7 Å². The van der Waals surface area contributed by atoms with Crippen LogP contribution in [0.5, 0.6) is 0 Å². The second-order valence-corrected chi connectivity index (χ2v) is 5.13. The lowest BCUT2D eigenvalue weighted by atomic mass is 10.3. The summed E-state index contributed by atoms with van der Waals surface area (Å²) in [5, 5.41) is 1.92. The minimum Gasteiger partial charge on any atom is -0.269 e. The fraction of sp³-hybridized carbons (Fsp3) is 0. The van der Waals surface area contributed by atoms with Crippen LogP contribution in [0, 0.1) is 0 Å². The van der Waals surface area contributed by atoms with Crippen molar-refractivity contribution in [3.05, 3.63) is 65.8 Å². The second-order valence-electron chi connectivity index (χ2n) is 3.72. The van der Waals surface area contributed by atoms with Crippen molar-refractivity contribution in [3.8, 4) is 0 Å². The van der Waals surface area contributed by atoms with Crippen LogP contribution in [0.3, 0.4) is 0 Å². The first-order chi connectivity index (χ1) is 8.34. The van der Waals surface area contributed by atoms with Gasteiger partial charge < -0.3 is 0 Å². The molecule has 3 rings (SSSR count). The average Bonchev–Trinajstić information content (AvgIpc) is 2.68. The van der Waals surface area contributed by atoms with Crippen LogP contribution in [-0.4, -0.2) is 3.97 Å². The van der Waals surface area contributed by atoms with E-state index in [1.807, 2.05) is 40.4 Å². The van der Waals surface area contributed by atoms with Gasteiger partial charge in [0.15, 0.2) is 0 Å². The molecule has 1 nitrogen and oxygen atoms in total. The molecule has 17 heavy (non-hydrogen) atoms. The number of fused-ring (bicyclic) bond motifs is 1. The molecule has 1 heterocycles. The Kier molecular flexibility index (Phi) is 2.83. The number of hydrogen-bond donors (Lipinski definition) is 0. The van der Waals surface area contributed by atoms with Crippen molar-refractivity contribution in [2.75, 3.05) is 0 Å². The Morgan fingerprint density at radius 2 is 1.59 bits per heavy atom. The molecule has 0 spiro atoms. The van der Waals surface area contributed by atoms with E-state index in [4.69, 9.17) is 11.6 Å². The Hall–Kier alpha value is -1.38. The Balaban J connectivity index is 2.08. The summed E-state index contributed by atoms with van der Waals surface area (Å²) in [4.78, 5) is 1.18. The molecule has 0 fully saturated rings. The molecule has 0 radical (unpaired) electrons. The summed E-state index contributed by atoms with van der Waals surface area (Å²) in [6.45, 7) is 0. The van der Waals surface area contributed by atoms with Crippen LogP contribution in [0.1, 0.15) is 0 Å². The van der Waals surface area contributed by atoms with Crippen LogP contribution in [0.2, 0.25) is 5.15 Å². The van der Waals surface area contributed by atoms with Gasteiger partial charge in [0.1, 0.15) is 5.15 Å². The van der Waals surface area contributed by atoms with Gasteiger partial charge in [-0.05, 0) is 36.2 Å².